The Bertz CT molecular complexity index is 899. The van der Waals surface area contributed by atoms with E-state index in [-0.39, 0.29) is 40.2 Å². The molecule has 1 saturated heterocycles. The lowest BCUT2D eigenvalue weighted by Gasteiger charge is -2.43. The zero-order valence-electron chi connectivity index (χ0n) is 13.0. The number of carboxylic acid groups (broad SMARTS) is 1. The highest BCUT2D eigenvalue weighted by molar-refractivity contribution is 9.10. The SMILES string of the molecule is C[C@H]1CN2c3ncnc4c(F)c(Br)c(Cl)c(c34)OC[C@@H]2CN1C(=O)O. The number of hydrogen-bond acceptors (Lipinski definition) is 5. The van der Waals surface area contributed by atoms with Gasteiger partial charge in [0.1, 0.15) is 29.3 Å². The number of rotatable bonds is 0. The van der Waals surface area contributed by atoms with Gasteiger partial charge in [-0.1, -0.05) is 11.6 Å². The van der Waals surface area contributed by atoms with E-state index in [1.165, 1.54) is 11.2 Å². The molecule has 3 heterocycles. The highest BCUT2D eigenvalue weighted by Crippen LogP contribution is 2.46. The van der Waals surface area contributed by atoms with Crippen LogP contribution >= 0.6 is 27.5 Å². The van der Waals surface area contributed by atoms with Gasteiger partial charge in [0.15, 0.2) is 11.6 Å². The van der Waals surface area contributed by atoms with Crippen LogP contribution in [0, 0.1) is 5.82 Å². The van der Waals surface area contributed by atoms with Crippen molar-refractivity contribution in [2.45, 2.75) is 19.0 Å². The lowest BCUT2D eigenvalue weighted by molar-refractivity contribution is 0.105. The van der Waals surface area contributed by atoms with E-state index in [0.29, 0.717) is 23.5 Å². The Morgan fingerprint density at radius 2 is 2.24 bits per heavy atom. The maximum absolute atomic E-state index is 14.6. The van der Waals surface area contributed by atoms with Crippen molar-refractivity contribution in [3.05, 3.63) is 21.6 Å². The number of aromatic nitrogens is 2. The fraction of sp³-hybridized carbons (Fsp3) is 0.400. The number of nitrogens with zero attached hydrogens (tertiary/aromatic N) is 4. The number of halogens is 3. The summed E-state index contributed by atoms with van der Waals surface area (Å²) in [5.74, 6) is 0.240. The number of benzene rings is 1. The summed E-state index contributed by atoms with van der Waals surface area (Å²) in [6.45, 7) is 2.71. The van der Waals surface area contributed by atoms with Crippen LogP contribution in [-0.4, -0.2) is 57.8 Å². The molecular weight excluding hydrogens is 419 g/mol. The molecule has 25 heavy (non-hydrogen) atoms. The Balaban J connectivity index is 1.91. The molecule has 0 spiro atoms. The van der Waals surface area contributed by atoms with Crippen molar-refractivity contribution < 1.29 is 19.0 Å². The highest BCUT2D eigenvalue weighted by Gasteiger charge is 2.39. The van der Waals surface area contributed by atoms with Crippen LogP contribution in [0.3, 0.4) is 0 Å². The summed E-state index contributed by atoms with van der Waals surface area (Å²) < 4.78 is 20.5. The highest BCUT2D eigenvalue weighted by atomic mass is 79.9. The van der Waals surface area contributed by atoms with Crippen molar-refractivity contribution in [1.82, 2.24) is 14.9 Å². The summed E-state index contributed by atoms with van der Waals surface area (Å²) in [5, 5.41) is 9.90. The maximum Gasteiger partial charge on any atom is 0.407 e. The maximum atomic E-state index is 14.6. The molecule has 10 heteroatoms. The molecule has 0 aliphatic carbocycles. The summed E-state index contributed by atoms with van der Waals surface area (Å²) in [4.78, 5) is 23.1. The molecule has 1 aromatic heterocycles. The van der Waals surface area contributed by atoms with Gasteiger partial charge in [-0.25, -0.2) is 19.2 Å². The van der Waals surface area contributed by atoms with Crippen LogP contribution in [0.5, 0.6) is 5.75 Å². The predicted molar refractivity (Wildman–Crippen MR) is 93.0 cm³/mol. The Morgan fingerprint density at radius 1 is 1.48 bits per heavy atom. The minimum atomic E-state index is -0.978. The molecule has 0 unspecified atom stereocenters. The minimum Gasteiger partial charge on any atom is -0.489 e. The fourth-order valence-corrected chi connectivity index (χ4v) is 4.00. The van der Waals surface area contributed by atoms with Crippen molar-refractivity contribution in [2.24, 2.45) is 0 Å². The van der Waals surface area contributed by atoms with Gasteiger partial charge in [0.2, 0.25) is 0 Å². The lowest BCUT2D eigenvalue weighted by Crippen LogP contribution is -2.60. The van der Waals surface area contributed by atoms with Crippen molar-refractivity contribution in [3.8, 4) is 5.75 Å². The van der Waals surface area contributed by atoms with Gasteiger partial charge >= 0.3 is 6.09 Å². The van der Waals surface area contributed by atoms with E-state index in [0.717, 1.165) is 0 Å². The van der Waals surface area contributed by atoms with Gasteiger partial charge in [-0.2, -0.15) is 0 Å². The average molecular weight is 432 g/mol. The molecular formula is C15H13BrClFN4O3. The van der Waals surface area contributed by atoms with Crippen LogP contribution in [0.15, 0.2) is 10.8 Å². The lowest BCUT2D eigenvalue weighted by atomic mass is 10.1. The third-order valence-electron chi connectivity index (χ3n) is 4.63. The third kappa shape index (κ3) is 2.40. The molecule has 2 aliphatic rings. The van der Waals surface area contributed by atoms with E-state index < -0.39 is 11.9 Å². The van der Waals surface area contributed by atoms with E-state index in [2.05, 4.69) is 25.9 Å². The summed E-state index contributed by atoms with van der Waals surface area (Å²) in [7, 11) is 0. The van der Waals surface area contributed by atoms with Gasteiger partial charge in [0.05, 0.1) is 15.9 Å². The van der Waals surface area contributed by atoms with Crippen molar-refractivity contribution in [2.75, 3.05) is 24.6 Å². The topological polar surface area (TPSA) is 78.8 Å². The molecule has 1 amide bonds. The second-order valence-electron chi connectivity index (χ2n) is 6.09. The number of fused-ring (bicyclic) bond motifs is 2. The molecule has 0 radical (unpaired) electrons. The van der Waals surface area contributed by atoms with Gasteiger partial charge in [0.25, 0.3) is 0 Å². The van der Waals surface area contributed by atoms with E-state index >= 15 is 0 Å². The Morgan fingerprint density at radius 3 is 2.96 bits per heavy atom. The molecule has 2 aliphatic heterocycles. The molecule has 1 N–H and O–H groups in total. The fourth-order valence-electron chi connectivity index (χ4n) is 3.40. The summed E-state index contributed by atoms with van der Waals surface area (Å²) >= 11 is 9.40. The number of hydrogen-bond donors (Lipinski definition) is 1. The number of piperazine rings is 1. The number of amides is 1. The molecule has 132 valence electrons. The number of anilines is 1. The third-order valence-corrected chi connectivity index (χ3v) is 5.96. The standard InChI is InChI=1S/C15H13BrClFN4O3/c1-6-2-22-7(3-21(6)15(23)24)4-25-13-8-12(19-5-20-14(8)22)11(18)9(16)10(13)17/h5-7H,2-4H2,1H3,(H,23,24)/t6-,7-/m0/s1. The predicted octanol–water partition coefficient (Wildman–Crippen LogP) is 3.13. The Kier molecular flexibility index (Phi) is 3.88. The van der Waals surface area contributed by atoms with Gasteiger partial charge in [-0.05, 0) is 22.9 Å². The molecule has 7 nitrogen and oxygen atoms in total. The zero-order valence-corrected chi connectivity index (χ0v) is 15.4. The summed E-state index contributed by atoms with van der Waals surface area (Å²) in [5.41, 5.74) is 0.116. The largest absolute Gasteiger partial charge is 0.489 e. The van der Waals surface area contributed by atoms with Crippen LogP contribution in [0.25, 0.3) is 10.9 Å². The monoisotopic (exact) mass is 430 g/mol. The van der Waals surface area contributed by atoms with Crippen LogP contribution in [0.1, 0.15) is 6.92 Å². The van der Waals surface area contributed by atoms with Crippen LogP contribution in [0.2, 0.25) is 5.02 Å². The molecule has 2 atom stereocenters. The van der Waals surface area contributed by atoms with Crippen LogP contribution < -0.4 is 9.64 Å². The second-order valence-corrected chi connectivity index (χ2v) is 7.26. The smallest absolute Gasteiger partial charge is 0.407 e. The first-order valence-corrected chi connectivity index (χ1v) is 8.77. The molecule has 1 fully saturated rings. The van der Waals surface area contributed by atoms with Crippen molar-refractivity contribution >= 4 is 50.3 Å². The first kappa shape index (κ1) is 16.6. The molecule has 1 aromatic carbocycles. The van der Waals surface area contributed by atoms with Gasteiger partial charge in [-0.3, -0.25) is 0 Å². The van der Waals surface area contributed by atoms with E-state index in [1.54, 1.807) is 0 Å². The summed E-state index contributed by atoms with van der Waals surface area (Å²) in [6.07, 6.45) is 0.315. The van der Waals surface area contributed by atoms with Crippen molar-refractivity contribution in [3.63, 3.8) is 0 Å². The normalized spacial score (nSPS) is 22.4. The van der Waals surface area contributed by atoms with Crippen LogP contribution in [-0.2, 0) is 0 Å². The van der Waals surface area contributed by atoms with Crippen LogP contribution in [0.4, 0.5) is 15.0 Å². The second kappa shape index (κ2) is 5.84. The summed E-state index contributed by atoms with van der Waals surface area (Å²) in [6, 6.07) is -0.494. The van der Waals surface area contributed by atoms with E-state index in [4.69, 9.17) is 16.3 Å². The first-order chi connectivity index (χ1) is 11.9. The Hall–Kier alpha value is -1.87. The van der Waals surface area contributed by atoms with Crippen molar-refractivity contribution in [1.29, 1.82) is 0 Å². The molecule has 4 rings (SSSR count). The van der Waals surface area contributed by atoms with Gasteiger partial charge < -0.3 is 19.6 Å². The van der Waals surface area contributed by atoms with E-state index in [1.807, 2.05) is 11.8 Å². The Labute approximate surface area is 155 Å². The number of ether oxygens (including phenoxy) is 1. The van der Waals surface area contributed by atoms with E-state index in [9.17, 15) is 14.3 Å². The number of carbonyl (C=O) groups is 1. The zero-order chi connectivity index (χ0) is 17.9. The van der Waals surface area contributed by atoms with Gasteiger partial charge in [0, 0.05) is 19.1 Å². The average Bonchev–Trinajstić information content (AvgIpc) is 2.75. The molecule has 0 saturated carbocycles. The molecule has 0 bridgehead atoms. The first-order valence-electron chi connectivity index (χ1n) is 7.60. The quantitative estimate of drug-likeness (QED) is 0.646. The van der Waals surface area contributed by atoms with Gasteiger partial charge in [-0.15, -0.1) is 0 Å². The minimum absolute atomic E-state index is 0.0849. The molecule has 2 aromatic rings.